The summed E-state index contributed by atoms with van der Waals surface area (Å²) in [5.41, 5.74) is -0.544. The molecule has 2 saturated heterocycles. The molecule has 0 aromatic heterocycles. The molecule has 48 heavy (non-hydrogen) atoms. The van der Waals surface area contributed by atoms with Crippen LogP contribution in [0.5, 0.6) is 0 Å². The molecule has 2 aliphatic heterocycles. The third kappa shape index (κ3) is 61.6. The van der Waals surface area contributed by atoms with E-state index in [0.29, 0.717) is 0 Å². The Hall–Kier alpha value is 3.54. The summed E-state index contributed by atoms with van der Waals surface area (Å²) >= 11 is -1.12. The number of ether oxygens (including phenoxy) is 2. The minimum atomic E-state index is -0.558. The van der Waals surface area contributed by atoms with Crippen LogP contribution in [0.2, 0.25) is 0 Å². The van der Waals surface area contributed by atoms with Crippen LogP contribution in [0, 0.1) is 0 Å². The normalized spacial score (nSPS) is 14.6. The standard InChI is InChI=1S/2C12H27N3S.2C4H8O.3Cu.HI.2Li/c2*1-10(2,3)13-16(14-11(4,5)6)15-12(7,8)9;2*1-2-4-5-3-1;;;;;;/h2*1-9H3;2*1-4H2;;;;1H;;/q2*-2;;;;;;;2*+1/p-1. The Bertz CT molecular complexity index is 685. The Balaban J connectivity index is -0.0000000780. The van der Waals surface area contributed by atoms with Gasteiger partial charge in [-0.25, -0.2) is 0 Å². The molecule has 0 N–H and O–H groups in total. The second kappa shape index (κ2) is 32.8. The van der Waals surface area contributed by atoms with Crippen molar-refractivity contribution >= 4 is 22.1 Å². The van der Waals surface area contributed by atoms with Gasteiger partial charge in [-0.1, -0.05) is 83.1 Å². The van der Waals surface area contributed by atoms with Gasteiger partial charge < -0.3 is 74.5 Å². The first-order valence-electron chi connectivity index (χ1n) is 15.6. The summed E-state index contributed by atoms with van der Waals surface area (Å²) in [5.74, 6) is 0. The van der Waals surface area contributed by atoms with E-state index in [2.05, 4.69) is 152 Å². The Kier molecular flexibility index (Phi) is 47.4. The average molecular weight is 967 g/mol. The molecule has 2 aliphatic rings. The minimum absolute atomic E-state index is 0. The summed E-state index contributed by atoms with van der Waals surface area (Å²) in [4.78, 5) is 0. The van der Waals surface area contributed by atoms with Gasteiger partial charge in [0.25, 0.3) is 0 Å². The predicted octanol–water partition coefficient (Wildman–Crippen LogP) is 2.12. The minimum Gasteiger partial charge on any atom is -1.00 e. The second-order valence-corrected chi connectivity index (χ2v) is 18.8. The number of nitrogens with zero attached hydrogens (tertiary/aromatic N) is 6. The molecular formula is C32H70Cu3ILi2N6O2S2-3. The van der Waals surface area contributed by atoms with Gasteiger partial charge in [-0.05, 0) is 67.2 Å². The zero-order valence-corrected chi connectivity index (χ0v) is 40.9. The maximum Gasteiger partial charge on any atom is 1.00 e. The Morgan fingerprint density at radius 3 is 0.646 bits per heavy atom. The maximum atomic E-state index is 4.94. The van der Waals surface area contributed by atoms with Crippen molar-refractivity contribution in [1.82, 2.24) is 0 Å². The maximum absolute atomic E-state index is 4.94. The summed E-state index contributed by atoms with van der Waals surface area (Å²) in [7, 11) is 0. The summed E-state index contributed by atoms with van der Waals surface area (Å²) in [6, 6.07) is 0. The molecule has 0 unspecified atom stereocenters. The Labute approximate surface area is 378 Å². The van der Waals surface area contributed by atoms with E-state index in [1.807, 2.05) is 0 Å². The van der Waals surface area contributed by atoms with Gasteiger partial charge in [0.1, 0.15) is 0 Å². The fourth-order valence-electron chi connectivity index (χ4n) is 2.61. The molecule has 0 atom stereocenters. The van der Waals surface area contributed by atoms with Crippen LogP contribution < -0.4 is 61.7 Å². The first kappa shape index (κ1) is 69.4. The van der Waals surface area contributed by atoms with E-state index in [4.69, 9.17) is 9.47 Å². The van der Waals surface area contributed by atoms with Crippen molar-refractivity contribution in [2.45, 2.75) is 184 Å². The van der Waals surface area contributed by atoms with Crippen molar-refractivity contribution in [3.05, 3.63) is 18.9 Å². The van der Waals surface area contributed by atoms with E-state index in [-0.39, 0.29) is 146 Å². The summed E-state index contributed by atoms with van der Waals surface area (Å²) in [5, 5.41) is 0. The van der Waals surface area contributed by atoms with Crippen molar-refractivity contribution in [1.29, 1.82) is 0 Å². The van der Waals surface area contributed by atoms with Crippen molar-refractivity contribution in [2.24, 2.45) is 8.73 Å². The van der Waals surface area contributed by atoms with Crippen LogP contribution in [-0.4, -0.2) is 59.7 Å². The SMILES string of the molecule is C1CCOC1.C1CCOC1.CC(C)(C)N=S([N-]C(C)(C)C)[N-]C(C)(C)C.CC(C)(C)N=S([N-]C(C)(C)C)[N-]C(C)(C)C.[Cu].[Cu].[Cu].[I-].[Li+].[Li+]. The van der Waals surface area contributed by atoms with Crippen molar-refractivity contribution < 1.29 is 122 Å². The van der Waals surface area contributed by atoms with Gasteiger partial charge in [-0.3, -0.25) is 8.73 Å². The first-order chi connectivity index (χ1) is 18.6. The molecule has 2 fully saturated rings. The molecule has 2 heterocycles. The van der Waals surface area contributed by atoms with Crippen LogP contribution >= 0.6 is 0 Å². The third-order valence-corrected chi connectivity index (χ3v) is 8.05. The molecule has 2 rings (SSSR count). The van der Waals surface area contributed by atoms with Crippen LogP contribution in [-0.2, 0) is 82.8 Å². The van der Waals surface area contributed by atoms with Gasteiger partial charge in [-0.15, -0.1) is 22.2 Å². The number of hydrogen-bond donors (Lipinski definition) is 0. The molecule has 0 saturated carbocycles. The monoisotopic (exact) mass is 964 g/mol. The molecule has 0 amide bonds. The Morgan fingerprint density at radius 2 is 0.562 bits per heavy atom. The molecule has 0 aromatic rings. The molecule has 0 bridgehead atoms. The molecule has 16 heteroatoms. The summed E-state index contributed by atoms with van der Waals surface area (Å²) < 4.78 is 37.9. The van der Waals surface area contributed by atoms with E-state index >= 15 is 0 Å². The first-order valence-corrected chi connectivity index (χ1v) is 17.8. The quantitative estimate of drug-likeness (QED) is 0.319. The van der Waals surface area contributed by atoms with E-state index in [1.54, 1.807) is 0 Å². The molecule has 0 aliphatic carbocycles. The van der Waals surface area contributed by atoms with Gasteiger partial charge in [0.2, 0.25) is 0 Å². The van der Waals surface area contributed by atoms with Gasteiger partial charge >= 0.3 is 37.7 Å². The van der Waals surface area contributed by atoms with Crippen molar-refractivity contribution in [2.75, 3.05) is 26.4 Å². The van der Waals surface area contributed by atoms with Crippen molar-refractivity contribution in [3.8, 4) is 0 Å². The van der Waals surface area contributed by atoms with E-state index in [9.17, 15) is 0 Å². The zero-order valence-electron chi connectivity index (χ0n) is 34.3. The van der Waals surface area contributed by atoms with E-state index in [1.165, 1.54) is 25.7 Å². The van der Waals surface area contributed by atoms with Crippen LogP contribution in [0.4, 0.5) is 0 Å². The van der Waals surface area contributed by atoms with Crippen LogP contribution in [0.3, 0.4) is 0 Å². The Morgan fingerprint density at radius 1 is 0.396 bits per heavy atom. The fourth-order valence-corrected chi connectivity index (χ4v) is 5.80. The number of rotatable bonds is 4. The van der Waals surface area contributed by atoms with Gasteiger partial charge in [0.05, 0.1) is 11.1 Å². The number of hydrogen-bond acceptors (Lipinski definition) is 4. The van der Waals surface area contributed by atoms with E-state index in [0.717, 1.165) is 26.4 Å². The van der Waals surface area contributed by atoms with Gasteiger partial charge in [0, 0.05) is 77.6 Å². The predicted molar refractivity (Wildman–Crippen MR) is 192 cm³/mol. The zero-order chi connectivity index (χ0) is 33.5. The molecular weight excluding hydrogens is 896 g/mol. The summed E-state index contributed by atoms with van der Waals surface area (Å²) in [6.07, 6.45) is 5.11. The largest absolute Gasteiger partial charge is 1.00 e. The molecule has 297 valence electrons. The summed E-state index contributed by atoms with van der Waals surface area (Å²) in [6.45, 7) is 41.6. The third-order valence-electron chi connectivity index (χ3n) is 3.79. The topological polar surface area (TPSA) is 99.6 Å². The smallest absolute Gasteiger partial charge is 1.00 e. The number of halogens is 1. The second-order valence-electron chi connectivity index (χ2n) is 16.7. The fraction of sp³-hybridized carbons (Fsp3) is 1.00. The van der Waals surface area contributed by atoms with Crippen LogP contribution in [0.25, 0.3) is 18.9 Å². The molecule has 8 nitrogen and oxygen atoms in total. The van der Waals surface area contributed by atoms with Gasteiger partial charge in [0.15, 0.2) is 0 Å². The molecule has 0 aromatic carbocycles. The van der Waals surface area contributed by atoms with Crippen LogP contribution in [0.15, 0.2) is 8.73 Å². The molecule has 0 spiro atoms. The van der Waals surface area contributed by atoms with Crippen LogP contribution in [0.1, 0.15) is 150 Å². The van der Waals surface area contributed by atoms with Crippen molar-refractivity contribution in [3.63, 3.8) is 0 Å². The molecule has 3 radical (unpaired) electrons. The van der Waals surface area contributed by atoms with E-state index < -0.39 is 22.1 Å². The average Bonchev–Trinajstić information content (AvgIpc) is 3.40. The van der Waals surface area contributed by atoms with Gasteiger partial charge in [-0.2, -0.15) is 0 Å².